The highest BCUT2D eigenvalue weighted by Crippen LogP contribution is 2.26. The number of nitrogens with two attached hydrogens (primary N) is 1. The average molecular weight is 249 g/mol. The van der Waals surface area contributed by atoms with E-state index in [-0.39, 0.29) is 17.0 Å². The number of aromatic nitrogens is 1. The van der Waals surface area contributed by atoms with E-state index in [9.17, 15) is 0 Å². The lowest BCUT2D eigenvalue weighted by molar-refractivity contribution is 0.709. The van der Waals surface area contributed by atoms with Crippen molar-refractivity contribution < 1.29 is 0 Å². The molecule has 68 valence electrons. The van der Waals surface area contributed by atoms with Gasteiger partial charge in [0.2, 0.25) is 0 Å². The molecule has 4 heteroatoms. The van der Waals surface area contributed by atoms with E-state index in [1.807, 2.05) is 0 Å². The van der Waals surface area contributed by atoms with Crippen LogP contribution in [0.1, 0.15) is 29.8 Å². The zero-order valence-corrected chi connectivity index (χ0v) is 9.41. The fourth-order valence-corrected chi connectivity index (χ4v) is 2.47. The van der Waals surface area contributed by atoms with Gasteiger partial charge in [0.1, 0.15) is 0 Å². The highest BCUT2D eigenvalue weighted by atomic mass is 79.9. The smallest absolute Gasteiger partial charge is 0.180 e. The summed E-state index contributed by atoms with van der Waals surface area (Å²) in [7, 11) is 0. The van der Waals surface area contributed by atoms with Crippen LogP contribution in [-0.2, 0) is 12.8 Å². The molecule has 0 radical (unpaired) electrons. The minimum Gasteiger partial charge on any atom is -0.375 e. The van der Waals surface area contributed by atoms with Crippen LogP contribution in [0.15, 0.2) is 0 Å². The molecule has 2 N–H and O–H groups in total. The maximum atomic E-state index is 5.62. The molecule has 0 saturated heterocycles. The maximum Gasteiger partial charge on any atom is 0.180 e. The highest BCUT2D eigenvalue weighted by Gasteiger charge is 2.11. The van der Waals surface area contributed by atoms with Gasteiger partial charge in [0.05, 0.1) is 5.69 Å². The van der Waals surface area contributed by atoms with Crippen LogP contribution in [0.3, 0.4) is 0 Å². The molecule has 0 atom stereocenters. The number of anilines is 1. The van der Waals surface area contributed by atoms with Crippen molar-refractivity contribution in [2.75, 3.05) is 5.73 Å². The first-order valence-electron chi connectivity index (χ1n) is 4.10. The summed E-state index contributed by atoms with van der Waals surface area (Å²) in [5.41, 5.74) is 6.89. The van der Waals surface area contributed by atoms with E-state index in [1.165, 1.54) is 36.3 Å². The van der Waals surface area contributed by atoms with Crippen LogP contribution < -0.4 is 5.73 Å². The second-order valence-electron chi connectivity index (χ2n) is 2.98. The van der Waals surface area contributed by atoms with Crippen molar-refractivity contribution in [1.29, 1.82) is 0 Å². The molecule has 1 aromatic rings. The second kappa shape index (κ2) is 4.23. The van der Waals surface area contributed by atoms with Crippen LogP contribution in [-0.4, -0.2) is 4.98 Å². The standard InChI is InChI=1S/C8H12N2S.BrH/c9-8-10-6-4-2-1-3-5-7(6)11-8;/h1-5H2,(H2,9,10);1H. The summed E-state index contributed by atoms with van der Waals surface area (Å²) in [6, 6.07) is 0. The molecule has 0 unspecified atom stereocenters. The Morgan fingerprint density at radius 1 is 1.17 bits per heavy atom. The summed E-state index contributed by atoms with van der Waals surface area (Å²) in [5.74, 6) is 0. The number of fused-ring (bicyclic) bond motifs is 1. The van der Waals surface area contributed by atoms with Crippen LogP contribution in [0.25, 0.3) is 0 Å². The van der Waals surface area contributed by atoms with Gasteiger partial charge in [-0.25, -0.2) is 4.98 Å². The van der Waals surface area contributed by atoms with Crippen molar-refractivity contribution in [2.45, 2.75) is 32.1 Å². The Labute approximate surface area is 87.0 Å². The van der Waals surface area contributed by atoms with Crippen molar-refractivity contribution in [3.8, 4) is 0 Å². The minimum absolute atomic E-state index is 0. The molecule has 1 aliphatic rings. The molecule has 0 fully saturated rings. The number of hydrogen-bond acceptors (Lipinski definition) is 3. The van der Waals surface area contributed by atoms with Gasteiger partial charge in [0.15, 0.2) is 5.13 Å². The molecular weight excluding hydrogens is 236 g/mol. The molecule has 2 rings (SSSR count). The Morgan fingerprint density at radius 2 is 1.92 bits per heavy atom. The Bertz CT molecular complexity index is 236. The van der Waals surface area contributed by atoms with Crippen LogP contribution >= 0.6 is 28.3 Å². The molecule has 0 spiro atoms. The number of rotatable bonds is 0. The quantitative estimate of drug-likeness (QED) is 0.718. The lowest BCUT2D eigenvalue weighted by Crippen LogP contribution is -1.87. The third-order valence-electron chi connectivity index (χ3n) is 2.11. The Morgan fingerprint density at radius 3 is 2.75 bits per heavy atom. The second-order valence-corrected chi connectivity index (χ2v) is 4.10. The number of nitrogens with zero attached hydrogens (tertiary/aromatic N) is 1. The van der Waals surface area contributed by atoms with E-state index in [4.69, 9.17) is 5.73 Å². The lowest BCUT2D eigenvalue weighted by atomic mass is 10.2. The van der Waals surface area contributed by atoms with E-state index in [2.05, 4.69) is 4.98 Å². The average Bonchev–Trinajstić information content (AvgIpc) is 2.17. The molecule has 0 aromatic carbocycles. The van der Waals surface area contributed by atoms with Gasteiger partial charge >= 0.3 is 0 Å². The topological polar surface area (TPSA) is 38.9 Å². The van der Waals surface area contributed by atoms with Crippen LogP contribution in [0, 0.1) is 0 Å². The summed E-state index contributed by atoms with van der Waals surface area (Å²) in [4.78, 5) is 5.74. The van der Waals surface area contributed by atoms with Gasteiger partial charge < -0.3 is 5.73 Å². The molecule has 2 nitrogen and oxygen atoms in total. The summed E-state index contributed by atoms with van der Waals surface area (Å²) < 4.78 is 0. The van der Waals surface area contributed by atoms with Crippen molar-refractivity contribution in [1.82, 2.24) is 4.98 Å². The Kier molecular flexibility index (Phi) is 3.53. The summed E-state index contributed by atoms with van der Waals surface area (Å²) >= 11 is 1.67. The lowest BCUT2D eigenvalue weighted by Gasteiger charge is -1.90. The van der Waals surface area contributed by atoms with Crippen molar-refractivity contribution in [3.05, 3.63) is 10.6 Å². The largest absolute Gasteiger partial charge is 0.375 e. The molecule has 1 aliphatic carbocycles. The molecule has 0 bridgehead atoms. The van der Waals surface area contributed by atoms with E-state index in [0.717, 1.165) is 11.6 Å². The SMILES string of the molecule is Br.Nc1nc2c(s1)CCCCC2. The van der Waals surface area contributed by atoms with E-state index in [1.54, 1.807) is 11.3 Å². The van der Waals surface area contributed by atoms with Gasteiger partial charge in [-0.1, -0.05) is 6.42 Å². The van der Waals surface area contributed by atoms with Gasteiger partial charge in [-0.3, -0.25) is 0 Å². The van der Waals surface area contributed by atoms with Gasteiger partial charge in [-0.2, -0.15) is 0 Å². The molecular formula is C8H13BrN2S. The van der Waals surface area contributed by atoms with Crippen molar-refractivity contribution >= 4 is 33.4 Å². The number of nitrogen functional groups attached to an aromatic ring is 1. The van der Waals surface area contributed by atoms with Crippen LogP contribution in [0.2, 0.25) is 0 Å². The van der Waals surface area contributed by atoms with E-state index >= 15 is 0 Å². The first-order valence-corrected chi connectivity index (χ1v) is 4.92. The predicted octanol–water partition coefficient (Wildman–Crippen LogP) is 2.57. The van der Waals surface area contributed by atoms with Crippen LogP contribution in [0.4, 0.5) is 5.13 Å². The zero-order valence-electron chi connectivity index (χ0n) is 6.88. The van der Waals surface area contributed by atoms with Crippen molar-refractivity contribution in [3.63, 3.8) is 0 Å². The summed E-state index contributed by atoms with van der Waals surface area (Å²) in [6.07, 6.45) is 6.29. The first-order chi connectivity index (χ1) is 5.36. The molecule has 0 saturated carbocycles. The number of aryl methyl sites for hydroxylation is 2. The number of halogens is 1. The molecule has 12 heavy (non-hydrogen) atoms. The minimum atomic E-state index is 0. The Hall–Kier alpha value is -0.0900. The molecule has 0 aliphatic heterocycles. The Balaban J connectivity index is 0.000000720. The first kappa shape index (κ1) is 9.99. The summed E-state index contributed by atoms with van der Waals surface area (Å²) in [5, 5.41) is 0.747. The predicted molar refractivity (Wildman–Crippen MR) is 58.1 cm³/mol. The zero-order chi connectivity index (χ0) is 7.68. The van der Waals surface area contributed by atoms with Gasteiger partial charge in [-0.15, -0.1) is 28.3 Å². The van der Waals surface area contributed by atoms with E-state index in [0.29, 0.717) is 0 Å². The fraction of sp³-hybridized carbons (Fsp3) is 0.625. The van der Waals surface area contributed by atoms with Crippen molar-refractivity contribution in [2.24, 2.45) is 0 Å². The molecule has 0 amide bonds. The van der Waals surface area contributed by atoms with Gasteiger partial charge in [0, 0.05) is 4.88 Å². The third-order valence-corrected chi connectivity index (χ3v) is 3.10. The fourth-order valence-electron chi connectivity index (χ4n) is 1.55. The monoisotopic (exact) mass is 248 g/mol. The highest BCUT2D eigenvalue weighted by molar-refractivity contribution is 8.93. The summed E-state index contributed by atoms with van der Waals surface area (Å²) in [6.45, 7) is 0. The van der Waals surface area contributed by atoms with Gasteiger partial charge in [-0.05, 0) is 25.7 Å². The van der Waals surface area contributed by atoms with Gasteiger partial charge in [0.25, 0.3) is 0 Å². The molecule has 1 aromatic heterocycles. The number of thiazole rings is 1. The number of hydrogen-bond donors (Lipinski definition) is 1. The van der Waals surface area contributed by atoms with Crippen LogP contribution in [0.5, 0.6) is 0 Å². The maximum absolute atomic E-state index is 5.62. The third kappa shape index (κ3) is 1.98. The molecule has 1 heterocycles. The van der Waals surface area contributed by atoms with E-state index < -0.39 is 0 Å². The normalized spacial score (nSPS) is 16.0.